The number of nitrogens with zero attached hydrogens (tertiary/aromatic N) is 1. The number of rotatable bonds is 1. The highest BCUT2D eigenvalue weighted by Crippen LogP contribution is 2.37. The highest BCUT2D eigenvalue weighted by molar-refractivity contribution is 6.45. The van der Waals surface area contributed by atoms with Gasteiger partial charge < -0.3 is 4.57 Å². The van der Waals surface area contributed by atoms with Gasteiger partial charge in [0.2, 0.25) is 0 Å². The van der Waals surface area contributed by atoms with Crippen LogP contribution in [0.1, 0.15) is 6.92 Å². The molecule has 0 spiro atoms. The minimum absolute atomic E-state index is 0.608. The molecule has 0 radical (unpaired) electrons. The number of fused-ring (bicyclic) bond motifs is 3. The van der Waals surface area contributed by atoms with Crippen LogP contribution in [0.2, 0.25) is 10.0 Å². The van der Waals surface area contributed by atoms with Gasteiger partial charge in [-0.1, -0.05) is 47.5 Å². The Morgan fingerprint density at radius 3 is 2.53 bits per heavy atom. The first kappa shape index (κ1) is 10.9. The Morgan fingerprint density at radius 2 is 1.76 bits per heavy atom. The first-order chi connectivity index (χ1) is 8.24. The fourth-order valence-corrected chi connectivity index (χ4v) is 2.83. The lowest BCUT2D eigenvalue weighted by Crippen LogP contribution is -1.93. The summed E-state index contributed by atoms with van der Waals surface area (Å²) in [5, 5.41) is 3.64. The third-order valence-electron chi connectivity index (χ3n) is 3.14. The van der Waals surface area contributed by atoms with Gasteiger partial charge in [0.05, 0.1) is 15.6 Å². The highest BCUT2D eigenvalue weighted by Gasteiger charge is 2.13. The fourth-order valence-electron chi connectivity index (χ4n) is 2.41. The normalized spacial score (nSPS) is 11.5. The third-order valence-corrected chi connectivity index (χ3v) is 3.93. The van der Waals surface area contributed by atoms with Crippen molar-refractivity contribution in [3.63, 3.8) is 0 Å². The molecule has 17 heavy (non-hydrogen) atoms. The lowest BCUT2D eigenvalue weighted by atomic mass is 10.1. The molecule has 0 amide bonds. The molecule has 86 valence electrons. The van der Waals surface area contributed by atoms with Gasteiger partial charge in [-0.05, 0) is 19.1 Å². The summed E-state index contributed by atoms with van der Waals surface area (Å²) in [5.41, 5.74) is 2.23. The maximum absolute atomic E-state index is 6.33. The number of aromatic nitrogens is 1. The van der Waals surface area contributed by atoms with Crippen LogP contribution in [0.15, 0.2) is 36.4 Å². The SMILES string of the molecule is CCn1c2ccccc2c2ccc(Cl)c(Cl)c21. The van der Waals surface area contributed by atoms with Gasteiger partial charge in [-0.3, -0.25) is 0 Å². The van der Waals surface area contributed by atoms with Gasteiger partial charge >= 0.3 is 0 Å². The molecule has 1 aromatic heterocycles. The van der Waals surface area contributed by atoms with E-state index in [2.05, 4.69) is 23.6 Å². The van der Waals surface area contributed by atoms with Gasteiger partial charge in [-0.15, -0.1) is 0 Å². The van der Waals surface area contributed by atoms with Gasteiger partial charge in [-0.2, -0.15) is 0 Å². The average Bonchev–Trinajstić information content (AvgIpc) is 2.68. The van der Waals surface area contributed by atoms with Gasteiger partial charge in [-0.25, -0.2) is 0 Å². The molecule has 3 heteroatoms. The molecule has 0 atom stereocenters. The van der Waals surface area contributed by atoms with Crippen molar-refractivity contribution in [3.05, 3.63) is 46.4 Å². The number of hydrogen-bond acceptors (Lipinski definition) is 0. The summed E-state index contributed by atoms with van der Waals surface area (Å²) in [7, 11) is 0. The van der Waals surface area contributed by atoms with Crippen molar-refractivity contribution in [1.82, 2.24) is 4.57 Å². The second kappa shape index (κ2) is 3.94. The number of aryl methyl sites for hydroxylation is 1. The van der Waals surface area contributed by atoms with Crippen LogP contribution >= 0.6 is 23.2 Å². The molecule has 0 aliphatic heterocycles. The van der Waals surface area contributed by atoms with Crippen molar-refractivity contribution in [2.75, 3.05) is 0 Å². The summed E-state index contributed by atoms with van der Waals surface area (Å²) in [5.74, 6) is 0. The summed E-state index contributed by atoms with van der Waals surface area (Å²) in [6, 6.07) is 12.2. The topological polar surface area (TPSA) is 4.93 Å². The summed E-state index contributed by atoms with van der Waals surface area (Å²) < 4.78 is 2.21. The van der Waals surface area contributed by atoms with Crippen molar-refractivity contribution in [2.24, 2.45) is 0 Å². The van der Waals surface area contributed by atoms with Crippen molar-refractivity contribution in [3.8, 4) is 0 Å². The van der Waals surface area contributed by atoms with Gasteiger partial charge in [0.1, 0.15) is 0 Å². The molecule has 0 N–H and O–H groups in total. The molecule has 0 aliphatic carbocycles. The van der Waals surface area contributed by atoms with Gasteiger partial charge in [0.15, 0.2) is 0 Å². The van der Waals surface area contributed by atoms with Crippen LogP contribution in [0.3, 0.4) is 0 Å². The molecule has 3 rings (SSSR count). The van der Waals surface area contributed by atoms with Gasteiger partial charge in [0.25, 0.3) is 0 Å². The maximum Gasteiger partial charge on any atom is 0.0835 e. The standard InChI is InChI=1S/C14H11Cl2N/c1-2-17-12-6-4-3-5-9(12)10-7-8-11(15)13(16)14(10)17/h3-8H,2H2,1H3. The number of para-hydroxylation sites is 1. The Hall–Kier alpha value is -1.18. The average molecular weight is 264 g/mol. The van der Waals surface area contributed by atoms with Crippen molar-refractivity contribution < 1.29 is 0 Å². The van der Waals surface area contributed by atoms with E-state index in [4.69, 9.17) is 23.2 Å². The fraction of sp³-hybridized carbons (Fsp3) is 0.143. The predicted octanol–water partition coefficient (Wildman–Crippen LogP) is 5.12. The Morgan fingerprint density at radius 1 is 1.00 bits per heavy atom. The summed E-state index contributed by atoms with van der Waals surface area (Å²) >= 11 is 12.4. The third kappa shape index (κ3) is 1.46. The van der Waals surface area contributed by atoms with Crippen LogP contribution < -0.4 is 0 Å². The molecule has 3 aromatic rings. The minimum atomic E-state index is 0.608. The zero-order valence-electron chi connectivity index (χ0n) is 9.37. The molecular weight excluding hydrogens is 253 g/mol. The van der Waals surface area contributed by atoms with E-state index in [1.807, 2.05) is 24.3 Å². The first-order valence-electron chi connectivity index (χ1n) is 5.59. The lowest BCUT2D eigenvalue weighted by molar-refractivity contribution is 0.827. The molecule has 0 unspecified atom stereocenters. The van der Waals surface area contributed by atoms with E-state index in [9.17, 15) is 0 Å². The smallest absolute Gasteiger partial charge is 0.0835 e. The van der Waals surface area contributed by atoms with Crippen LogP contribution in [-0.4, -0.2) is 4.57 Å². The van der Waals surface area contributed by atoms with E-state index < -0.39 is 0 Å². The van der Waals surface area contributed by atoms with Crippen molar-refractivity contribution in [2.45, 2.75) is 13.5 Å². The van der Waals surface area contributed by atoms with E-state index in [0.717, 1.165) is 17.4 Å². The maximum atomic E-state index is 6.33. The molecular formula is C14H11Cl2N. The second-order valence-corrected chi connectivity index (χ2v) is 4.80. The Bertz CT molecular complexity index is 713. The molecule has 0 saturated heterocycles. The van der Waals surface area contributed by atoms with E-state index in [0.29, 0.717) is 10.0 Å². The Labute approximate surface area is 110 Å². The minimum Gasteiger partial charge on any atom is -0.339 e. The molecule has 1 nitrogen and oxygen atoms in total. The van der Waals surface area contributed by atoms with E-state index >= 15 is 0 Å². The molecule has 1 heterocycles. The molecule has 0 bridgehead atoms. The van der Waals surface area contributed by atoms with Gasteiger partial charge in [0, 0.05) is 22.8 Å². The predicted molar refractivity (Wildman–Crippen MR) is 75.1 cm³/mol. The monoisotopic (exact) mass is 263 g/mol. The number of halogens is 2. The number of hydrogen-bond donors (Lipinski definition) is 0. The van der Waals surface area contributed by atoms with Crippen LogP contribution in [-0.2, 0) is 6.54 Å². The van der Waals surface area contributed by atoms with Crippen LogP contribution in [0.4, 0.5) is 0 Å². The largest absolute Gasteiger partial charge is 0.339 e. The highest BCUT2D eigenvalue weighted by atomic mass is 35.5. The summed E-state index contributed by atoms with van der Waals surface area (Å²) in [6.45, 7) is 2.99. The second-order valence-electron chi connectivity index (χ2n) is 4.02. The summed E-state index contributed by atoms with van der Waals surface area (Å²) in [6.07, 6.45) is 0. The zero-order valence-corrected chi connectivity index (χ0v) is 10.9. The van der Waals surface area contributed by atoms with Crippen molar-refractivity contribution in [1.29, 1.82) is 0 Å². The Kier molecular flexibility index (Phi) is 2.53. The molecule has 0 fully saturated rings. The summed E-state index contributed by atoms with van der Waals surface area (Å²) in [4.78, 5) is 0. The number of benzene rings is 2. The molecule has 2 aromatic carbocycles. The molecule has 0 aliphatic rings. The van der Waals surface area contributed by atoms with Crippen LogP contribution in [0.5, 0.6) is 0 Å². The first-order valence-corrected chi connectivity index (χ1v) is 6.34. The Balaban J connectivity index is 2.63. The van der Waals surface area contributed by atoms with Crippen molar-refractivity contribution >= 4 is 45.0 Å². The van der Waals surface area contributed by atoms with Crippen LogP contribution in [0.25, 0.3) is 21.8 Å². The molecule has 0 saturated carbocycles. The van der Waals surface area contributed by atoms with E-state index in [-0.39, 0.29) is 0 Å². The van der Waals surface area contributed by atoms with Crippen LogP contribution in [0, 0.1) is 0 Å². The quantitative estimate of drug-likeness (QED) is 0.574. The lowest BCUT2D eigenvalue weighted by Gasteiger charge is -2.05. The zero-order chi connectivity index (χ0) is 12.0. The van der Waals surface area contributed by atoms with E-state index in [1.54, 1.807) is 0 Å². The van der Waals surface area contributed by atoms with E-state index in [1.165, 1.54) is 10.9 Å².